The molecule has 100 valence electrons. The lowest BCUT2D eigenvalue weighted by Crippen LogP contribution is -2.54. The van der Waals surface area contributed by atoms with Gasteiger partial charge in [0.1, 0.15) is 0 Å². The number of carbonyl (C=O) groups is 1. The molecule has 3 nitrogen and oxygen atoms in total. The molecule has 17 heavy (non-hydrogen) atoms. The third-order valence-corrected chi connectivity index (χ3v) is 4.10. The van der Waals surface area contributed by atoms with Crippen LogP contribution < -0.4 is 5.32 Å². The highest BCUT2D eigenvalue weighted by molar-refractivity contribution is 5.82. The standard InChI is InChI=1S/C14H28N2O/c1-9(2)12(5)16(6)14(17)13-8-10(3)7-11(4)15-13/h9-13,15H,7-8H2,1-6H3. The maximum absolute atomic E-state index is 12.4. The van der Waals surface area contributed by atoms with Crippen LogP contribution in [0.1, 0.15) is 47.5 Å². The van der Waals surface area contributed by atoms with Crippen molar-refractivity contribution in [3.63, 3.8) is 0 Å². The van der Waals surface area contributed by atoms with Crippen molar-refractivity contribution in [2.45, 2.75) is 65.6 Å². The summed E-state index contributed by atoms with van der Waals surface area (Å²) in [4.78, 5) is 14.3. The molecule has 1 aliphatic rings. The van der Waals surface area contributed by atoms with Gasteiger partial charge in [-0.2, -0.15) is 0 Å². The zero-order chi connectivity index (χ0) is 13.2. The van der Waals surface area contributed by atoms with E-state index < -0.39 is 0 Å². The molecule has 0 aromatic carbocycles. The minimum atomic E-state index is 0.0138. The molecule has 1 rings (SSSR count). The summed E-state index contributed by atoms with van der Waals surface area (Å²) in [6.07, 6.45) is 2.14. The fourth-order valence-electron chi connectivity index (χ4n) is 2.65. The van der Waals surface area contributed by atoms with Gasteiger partial charge in [-0.25, -0.2) is 0 Å². The van der Waals surface area contributed by atoms with E-state index in [-0.39, 0.29) is 11.9 Å². The van der Waals surface area contributed by atoms with Crippen LogP contribution in [0.25, 0.3) is 0 Å². The minimum absolute atomic E-state index is 0.0138. The Morgan fingerprint density at radius 1 is 1.24 bits per heavy atom. The second kappa shape index (κ2) is 5.85. The van der Waals surface area contributed by atoms with Gasteiger partial charge in [-0.1, -0.05) is 20.8 Å². The van der Waals surface area contributed by atoms with Crippen molar-refractivity contribution in [1.29, 1.82) is 0 Å². The second-order valence-corrected chi connectivity index (χ2v) is 6.13. The maximum Gasteiger partial charge on any atom is 0.239 e. The zero-order valence-electron chi connectivity index (χ0n) is 12.2. The van der Waals surface area contributed by atoms with Gasteiger partial charge in [0.05, 0.1) is 6.04 Å². The number of piperidine rings is 1. The number of rotatable bonds is 3. The Labute approximate surface area is 106 Å². The van der Waals surface area contributed by atoms with Crippen molar-refractivity contribution in [3.05, 3.63) is 0 Å². The van der Waals surface area contributed by atoms with Crippen LogP contribution in [0.15, 0.2) is 0 Å². The molecular weight excluding hydrogens is 212 g/mol. The molecule has 1 heterocycles. The average molecular weight is 240 g/mol. The van der Waals surface area contributed by atoms with Crippen molar-refractivity contribution >= 4 is 5.91 Å². The fourth-order valence-corrected chi connectivity index (χ4v) is 2.65. The van der Waals surface area contributed by atoms with Crippen LogP contribution in [-0.4, -0.2) is 36.0 Å². The summed E-state index contributed by atoms with van der Waals surface area (Å²) < 4.78 is 0. The summed E-state index contributed by atoms with van der Waals surface area (Å²) in [7, 11) is 1.93. The summed E-state index contributed by atoms with van der Waals surface area (Å²) in [6.45, 7) is 10.9. The average Bonchev–Trinajstić information content (AvgIpc) is 2.24. The van der Waals surface area contributed by atoms with Gasteiger partial charge in [0.2, 0.25) is 5.91 Å². The Morgan fingerprint density at radius 2 is 1.82 bits per heavy atom. The zero-order valence-corrected chi connectivity index (χ0v) is 12.2. The molecule has 1 fully saturated rings. The smallest absolute Gasteiger partial charge is 0.239 e. The number of hydrogen-bond donors (Lipinski definition) is 1. The Balaban J connectivity index is 2.62. The van der Waals surface area contributed by atoms with Crippen molar-refractivity contribution in [2.75, 3.05) is 7.05 Å². The number of carbonyl (C=O) groups excluding carboxylic acids is 1. The maximum atomic E-state index is 12.4. The van der Waals surface area contributed by atoms with Crippen molar-refractivity contribution in [3.8, 4) is 0 Å². The molecule has 0 aliphatic carbocycles. The van der Waals surface area contributed by atoms with Crippen molar-refractivity contribution in [2.24, 2.45) is 11.8 Å². The molecule has 0 aromatic heterocycles. The summed E-state index contributed by atoms with van der Waals surface area (Å²) in [5.41, 5.74) is 0. The van der Waals surface area contributed by atoms with Gasteiger partial charge in [-0.3, -0.25) is 4.79 Å². The van der Waals surface area contributed by atoms with Gasteiger partial charge in [-0.05, 0) is 38.5 Å². The van der Waals surface area contributed by atoms with E-state index in [4.69, 9.17) is 0 Å². The molecule has 1 aliphatic heterocycles. The highest BCUT2D eigenvalue weighted by Gasteiger charge is 2.31. The van der Waals surface area contributed by atoms with Gasteiger partial charge in [0, 0.05) is 19.1 Å². The van der Waals surface area contributed by atoms with Crippen molar-refractivity contribution in [1.82, 2.24) is 10.2 Å². The Kier molecular flexibility index (Phi) is 4.99. The van der Waals surface area contributed by atoms with Gasteiger partial charge in [0.15, 0.2) is 0 Å². The SMILES string of the molecule is CC1CC(C)NC(C(=O)N(C)C(C)C(C)C)C1. The van der Waals surface area contributed by atoms with E-state index in [1.54, 1.807) is 0 Å². The van der Waals surface area contributed by atoms with E-state index in [9.17, 15) is 4.79 Å². The first-order chi connectivity index (χ1) is 7.82. The molecule has 3 heteroatoms. The highest BCUT2D eigenvalue weighted by atomic mass is 16.2. The van der Waals surface area contributed by atoms with Gasteiger partial charge in [-0.15, -0.1) is 0 Å². The van der Waals surface area contributed by atoms with E-state index >= 15 is 0 Å². The van der Waals surface area contributed by atoms with Gasteiger partial charge < -0.3 is 10.2 Å². The molecule has 0 saturated carbocycles. The van der Waals surface area contributed by atoms with Crippen LogP contribution in [0, 0.1) is 11.8 Å². The highest BCUT2D eigenvalue weighted by Crippen LogP contribution is 2.21. The first-order valence-corrected chi connectivity index (χ1v) is 6.85. The number of amides is 1. The Morgan fingerprint density at radius 3 is 2.29 bits per heavy atom. The van der Waals surface area contributed by atoms with E-state index in [0.29, 0.717) is 23.9 Å². The molecule has 4 unspecified atom stereocenters. The normalized spacial score (nSPS) is 31.4. The largest absolute Gasteiger partial charge is 0.341 e. The molecule has 1 saturated heterocycles. The number of likely N-dealkylation sites (N-methyl/N-ethyl adjacent to an activating group) is 1. The molecule has 1 amide bonds. The molecule has 4 atom stereocenters. The van der Waals surface area contributed by atoms with Gasteiger partial charge >= 0.3 is 0 Å². The number of nitrogens with one attached hydrogen (secondary N) is 1. The molecule has 1 N–H and O–H groups in total. The molecule has 0 spiro atoms. The van der Waals surface area contributed by atoms with Crippen LogP contribution in [0.4, 0.5) is 0 Å². The van der Waals surface area contributed by atoms with E-state index in [1.165, 1.54) is 6.42 Å². The summed E-state index contributed by atoms with van der Waals surface area (Å²) in [5, 5.41) is 3.43. The molecule has 0 aromatic rings. The summed E-state index contributed by atoms with van der Waals surface area (Å²) in [6, 6.07) is 0.771. The quantitative estimate of drug-likeness (QED) is 0.820. The summed E-state index contributed by atoms with van der Waals surface area (Å²) in [5.74, 6) is 1.40. The molecular formula is C14H28N2O. The predicted molar refractivity (Wildman–Crippen MR) is 71.9 cm³/mol. The summed E-state index contributed by atoms with van der Waals surface area (Å²) >= 11 is 0. The van der Waals surface area contributed by atoms with Crippen LogP contribution in [0.3, 0.4) is 0 Å². The van der Waals surface area contributed by atoms with Crippen LogP contribution >= 0.6 is 0 Å². The Bertz CT molecular complexity index is 255. The predicted octanol–water partition coefficient (Wildman–Crippen LogP) is 2.27. The van der Waals surface area contributed by atoms with E-state index in [0.717, 1.165) is 6.42 Å². The molecule has 0 bridgehead atoms. The number of nitrogens with zero attached hydrogens (tertiary/aromatic N) is 1. The van der Waals surface area contributed by atoms with E-state index in [2.05, 4.69) is 39.9 Å². The minimum Gasteiger partial charge on any atom is -0.341 e. The van der Waals surface area contributed by atoms with Gasteiger partial charge in [0.25, 0.3) is 0 Å². The lowest BCUT2D eigenvalue weighted by atomic mass is 9.89. The lowest BCUT2D eigenvalue weighted by molar-refractivity contribution is -0.136. The first kappa shape index (κ1) is 14.5. The second-order valence-electron chi connectivity index (χ2n) is 6.13. The third-order valence-electron chi connectivity index (χ3n) is 4.10. The molecule has 0 radical (unpaired) electrons. The van der Waals surface area contributed by atoms with Crippen LogP contribution in [0.2, 0.25) is 0 Å². The monoisotopic (exact) mass is 240 g/mol. The van der Waals surface area contributed by atoms with Crippen LogP contribution in [0.5, 0.6) is 0 Å². The van der Waals surface area contributed by atoms with Crippen LogP contribution in [-0.2, 0) is 4.79 Å². The Hall–Kier alpha value is -0.570. The lowest BCUT2D eigenvalue weighted by Gasteiger charge is -2.37. The third kappa shape index (κ3) is 3.70. The first-order valence-electron chi connectivity index (χ1n) is 6.85. The number of hydrogen-bond acceptors (Lipinski definition) is 2. The topological polar surface area (TPSA) is 32.3 Å². The fraction of sp³-hybridized carbons (Fsp3) is 0.929. The van der Waals surface area contributed by atoms with Crippen molar-refractivity contribution < 1.29 is 4.79 Å². The van der Waals surface area contributed by atoms with E-state index in [1.807, 2.05) is 11.9 Å².